The maximum atomic E-state index is 11.2. The number of carbonyl (C=O) groups excluding carboxylic acids is 2. The fourth-order valence-electron chi connectivity index (χ4n) is 1.30. The Morgan fingerprint density at radius 3 is 2.88 bits per heavy atom. The van der Waals surface area contributed by atoms with E-state index in [1.54, 1.807) is 12.4 Å². The lowest BCUT2D eigenvalue weighted by Gasteiger charge is -2.03. The molecule has 88 valence electrons. The largest absolute Gasteiger partial charge is 0.356 e. The summed E-state index contributed by atoms with van der Waals surface area (Å²) in [6.07, 6.45) is 5.76. The predicted octanol–water partition coefficient (Wildman–Crippen LogP) is 0.828. The van der Waals surface area contributed by atoms with E-state index in [1.807, 2.05) is 0 Å². The van der Waals surface area contributed by atoms with Crippen molar-refractivity contribution >= 4 is 11.7 Å². The minimum absolute atomic E-state index is 0.0470. The summed E-state index contributed by atoms with van der Waals surface area (Å²) in [6, 6.07) is 0. The molecule has 1 amide bonds. The van der Waals surface area contributed by atoms with Gasteiger partial charge in [-0.3, -0.25) is 4.79 Å². The molecular weight excluding hydrogens is 206 g/mol. The number of amides is 1. The van der Waals surface area contributed by atoms with Crippen LogP contribution in [0.1, 0.15) is 32.0 Å². The molecule has 0 atom stereocenters. The van der Waals surface area contributed by atoms with E-state index in [0.29, 0.717) is 13.0 Å². The van der Waals surface area contributed by atoms with Crippen molar-refractivity contribution in [1.82, 2.24) is 15.3 Å². The number of aryl methyl sites for hydroxylation is 1. The first-order valence-electron chi connectivity index (χ1n) is 5.43. The SMILES string of the molecule is CC(=O)CCC(=O)NCCCc1ncc[nH]1. The number of Topliss-reactive ketones (excluding diaryl/α,β-unsaturated/α-hetero) is 1. The zero-order chi connectivity index (χ0) is 11.8. The van der Waals surface area contributed by atoms with Gasteiger partial charge in [-0.2, -0.15) is 0 Å². The molecule has 0 radical (unpaired) electrons. The average molecular weight is 223 g/mol. The summed E-state index contributed by atoms with van der Waals surface area (Å²) >= 11 is 0. The number of rotatable bonds is 7. The first kappa shape index (κ1) is 12.4. The van der Waals surface area contributed by atoms with Gasteiger partial charge >= 0.3 is 0 Å². The van der Waals surface area contributed by atoms with Crippen LogP contribution in [0.5, 0.6) is 0 Å². The van der Waals surface area contributed by atoms with E-state index in [-0.39, 0.29) is 18.1 Å². The van der Waals surface area contributed by atoms with Crippen molar-refractivity contribution in [1.29, 1.82) is 0 Å². The topological polar surface area (TPSA) is 74.8 Å². The third-order valence-electron chi connectivity index (χ3n) is 2.17. The van der Waals surface area contributed by atoms with Crippen LogP contribution in [0, 0.1) is 0 Å². The first-order valence-corrected chi connectivity index (χ1v) is 5.43. The van der Waals surface area contributed by atoms with Crippen LogP contribution in [-0.2, 0) is 16.0 Å². The molecule has 5 nitrogen and oxygen atoms in total. The lowest BCUT2D eigenvalue weighted by atomic mass is 10.2. The maximum absolute atomic E-state index is 11.2. The van der Waals surface area contributed by atoms with Crippen LogP contribution < -0.4 is 5.32 Å². The second-order valence-corrected chi connectivity index (χ2v) is 3.69. The highest BCUT2D eigenvalue weighted by molar-refractivity contribution is 5.83. The van der Waals surface area contributed by atoms with Gasteiger partial charge in [-0.1, -0.05) is 0 Å². The molecule has 1 rings (SSSR count). The lowest BCUT2D eigenvalue weighted by molar-refractivity contribution is -0.124. The number of ketones is 1. The van der Waals surface area contributed by atoms with Crippen LogP contribution in [0.25, 0.3) is 0 Å². The smallest absolute Gasteiger partial charge is 0.220 e. The predicted molar refractivity (Wildman–Crippen MR) is 59.8 cm³/mol. The second kappa shape index (κ2) is 6.76. The Bertz CT molecular complexity index is 333. The summed E-state index contributed by atoms with van der Waals surface area (Å²) in [5.41, 5.74) is 0. The van der Waals surface area contributed by atoms with Crippen molar-refractivity contribution < 1.29 is 9.59 Å². The van der Waals surface area contributed by atoms with Gasteiger partial charge in [-0.15, -0.1) is 0 Å². The molecule has 0 aliphatic rings. The maximum Gasteiger partial charge on any atom is 0.220 e. The van der Waals surface area contributed by atoms with Crippen LogP contribution in [-0.4, -0.2) is 28.2 Å². The number of carbonyl (C=O) groups is 2. The van der Waals surface area contributed by atoms with Crippen molar-refractivity contribution in [3.8, 4) is 0 Å². The molecule has 1 aromatic heterocycles. The van der Waals surface area contributed by atoms with Crippen molar-refractivity contribution in [2.24, 2.45) is 0 Å². The molecule has 0 spiro atoms. The summed E-state index contributed by atoms with van der Waals surface area (Å²) < 4.78 is 0. The van der Waals surface area contributed by atoms with Crippen LogP contribution in [0.15, 0.2) is 12.4 Å². The van der Waals surface area contributed by atoms with Gasteiger partial charge in [-0.25, -0.2) is 4.98 Å². The van der Waals surface area contributed by atoms with Crippen molar-refractivity contribution in [2.45, 2.75) is 32.6 Å². The van der Waals surface area contributed by atoms with Gasteiger partial charge < -0.3 is 15.1 Å². The fraction of sp³-hybridized carbons (Fsp3) is 0.545. The summed E-state index contributed by atoms with van der Waals surface area (Å²) in [5, 5.41) is 2.77. The minimum atomic E-state index is -0.0605. The number of nitrogens with one attached hydrogen (secondary N) is 2. The highest BCUT2D eigenvalue weighted by Crippen LogP contribution is 1.94. The molecule has 0 unspecified atom stereocenters. The number of nitrogens with zero attached hydrogens (tertiary/aromatic N) is 1. The minimum Gasteiger partial charge on any atom is -0.356 e. The monoisotopic (exact) mass is 223 g/mol. The van der Waals surface area contributed by atoms with Gasteiger partial charge in [0.1, 0.15) is 11.6 Å². The van der Waals surface area contributed by atoms with Crippen molar-refractivity contribution in [2.75, 3.05) is 6.54 Å². The van der Waals surface area contributed by atoms with E-state index >= 15 is 0 Å². The Hall–Kier alpha value is -1.65. The third kappa shape index (κ3) is 5.29. The molecule has 1 aromatic rings. The fourth-order valence-corrected chi connectivity index (χ4v) is 1.30. The highest BCUT2D eigenvalue weighted by atomic mass is 16.2. The van der Waals surface area contributed by atoms with E-state index in [4.69, 9.17) is 0 Å². The third-order valence-corrected chi connectivity index (χ3v) is 2.17. The van der Waals surface area contributed by atoms with Gasteiger partial charge in [0.05, 0.1) is 0 Å². The highest BCUT2D eigenvalue weighted by Gasteiger charge is 2.02. The second-order valence-electron chi connectivity index (χ2n) is 3.69. The lowest BCUT2D eigenvalue weighted by Crippen LogP contribution is -2.25. The number of hydrogen-bond donors (Lipinski definition) is 2. The van der Waals surface area contributed by atoms with Crippen molar-refractivity contribution in [3.63, 3.8) is 0 Å². The molecule has 0 fully saturated rings. The van der Waals surface area contributed by atoms with Gasteiger partial charge in [-0.05, 0) is 13.3 Å². The average Bonchev–Trinajstić information content (AvgIpc) is 2.74. The number of imidazole rings is 1. The van der Waals surface area contributed by atoms with Gasteiger partial charge in [0.15, 0.2) is 0 Å². The van der Waals surface area contributed by atoms with Gasteiger partial charge in [0.2, 0.25) is 5.91 Å². The van der Waals surface area contributed by atoms with Gasteiger partial charge in [0, 0.05) is 38.2 Å². The van der Waals surface area contributed by atoms with Gasteiger partial charge in [0.25, 0.3) is 0 Å². The summed E-state index contributed by atoms with van der Waals surface area (Å²) in [4.78, 5) is 28.9. The van der Waals surface area contributed by atoms with Crippen LogP contribution >= 0.6 is 0 Å². The molecule has 0 bridgehead atoms. The van der Waals surface area contributed by atoms with E-state index < -0.39 is 0 Å². The number of hydrogen-bond acceptors (Lipinski definition) is 3. The first-order chi connectivity index (χ1) is 7.68. The molecule has 5 heteroatoms. The molecular formula is C11H17N3O2. The Balaban J connectivity index is 2.02. The molecule has 0 aliphatic carbocycles. The zero-order valence-electron chi connectivity index (χ0n) is 9.45. The van der Waals surface area contributed by atoms with Crippen molar-refractivity contribution in [3.05, 3.63) is 18.2 Å². The number of aromatic nitrogens is 2. The zero-order valence-corrected chi connectivity index (χ0v) is 9.45. The van der Waals surface area contributed by atoms with E-state index in [0.717, 1.165) is 18.7 Å². The van der Waals surface area contributed by atoms with Crippen LogP contribution in [0.3, 0.4) is 0 Å². The molecule has 0 saturated carbocycles. The van der Waals surface area contributed by atoms with Crippen LogP contribution in [0.2, 0.25) is 0 Å². The Kier molecular flexibility index (Phi) is 5.25. The summed E-state index contributed by atoms with van der Waals surface area (Å²) in [5.74, 6) is 0.915. The Morgan fingerprint density at radius 2 is 2.25 bits per heavy atom. The van der Waals surface area contributed by atoms with Crippen LogP contribution in [0.4, 0.5) is 0 Å². The Labute approximate surface area is 94.7 Å². The summed E-state index contributed by atoms with van der Waals surface area (Å²) in [7, 11) is 0. The quantitative estimate of drug-likeness (QED) is 0.672. The van der Waals surface area contributed by atoms with E-state index in [1.165, 1.54) is 6.92 Å². The number of aromatic amines is 1. The molecule has 0 aliphatic heterocycles. The Morgan fingerprint density at radius 1 is 1.44 bits per heavy atom. The van der Waals surface area contributed by atoms with E-state index in [2.05, 4.69) is 15.3 Å². The molecule has 2 N–H and O–H groups in total. The summed E-state index contributed by atoms with van der Waals surface area (Å²) in [6.45, 7) is 2.11. The molecule has 1 heterocycles. The van der Waals surface area contributed by atoms with E-state index in [9.17, 15) is 9.59 Å². The molecule has 16 heavy (non-hydrogen) atoms. The molecule has 0 aromatic carbocycles. The molecule has 0 saturated heterocycles. The number of H-pyrrole nitrogens is 1. The normalized spacial score (nSPS) is 10.1. The standard InChI is InChI=1S/C11H17N3O2/c1-9(15)4-5-11(16)14-6-2-3-10-12-7-8-13-10/h7-8H,2-6H2,1H3,(H,12,13)(H,14,16).